The molecule has 0 heterocycles. The zero-order valence-electron chi connectivity index (χ0n) is 13.3. The van der Waals surface area contributed by atoms with Gasteiger partial charge >= 0.3 is 0 Å². The first kappa shape index (κ1) is 14.1. The number of nitrogens with two attached hydrogens (primary N) is 1. The van der Waals surface area contributed by atoms with Gasteiger partial charge < -0.3 is 5.73 Å². The Morgan fingerprint density at radius 2 is 1.50 bits per heavy atom. The predicted octanol–water partition coefficient (Wildman–Crippen LogP) is 4.95. The minimum atomic E-state index is 0.0163. The third-order valence-corrected chi connectivity index (χ3v) is 5.70. The molecule has 2 fully saturated rings. The zero-order valence-corrected chi connectivity index (χ0v) is 13.3. The fraction of sp³-hybridized carbons (Fsp3) is 0.684. The van der Waals surface area contributed by atoms with Gasteiger partial charge in [-0.05, 0) is 66.9 Å². The van der Waals surface area contributed by atoms with E-state index in [2.05, 4.69) is 45.0 Å². The molecular weight excluding hydrogens is 242 g/mol. The molecule has 0 unspecified atom stereocenters. The van der Waals surface area contributed by atoms with E-state index in [0.717, 1.165) is 24.7 Å². The van der Waals surface area contributed by atoms with Gasteiger partial charge in [0.2, 0.25) is 0 Å². The van der Waals surface area contributed by atoms with E-state index in [1.165, 1.54) is 36.8 Å². The van der Waals surface area contributed by atoms with E-state index in [1.54, 1.807) is 0 Å². The normalized spacial score (nSPS) is 29.2. The molecule has 2 N–H and O–H groups in total. The smallest absolute Gasteiger partial charge is 0.0411 e. The van der Waals surface area contributed by atoms with E-state index in [4.69, 9.17) is 5.73 Å². The van der Waals surface area contributed by atoms with Gasteiger partial charge in [-0.3, -0.25) is 0 Å². The third kappa shape index (κ3) is 2.79. The maximum Gasteiger partial charge on any atom is 0.0411 e. The highest BCUT2D eigenvalue weighted by Gasteiger charge is 2.39. The molecule has 2 aliphatic carbocycles. The lowest BCUT2D eigenvalue weighted by Crippen LogP contribution is -2.25. The van der Waals surface area contributed by atoms with Crippen molar-refractivity contribution in [2.45, 2.75) is 70.8 Å². The van der Waals surface area contributed by atoms with Crippen molar-refractivity contribution in [2.75, 3.05) is 0 Å². The van der Waals surface area contributed by atoms with E-state index >= 15 is 0 Å². The number of hydrogen-bond acceptors (Lipinski definition) is 1. The van der Waals surface area contributed by atoms with Gasteiger partial charge in [-0.1, -0.05) is 45.0 Å². The molecule has 0 radical (unpaired) electrons. The van der Waals surface area contributed by atoms with Gasteiger partial charge in [0.15, 0.2) is 0 Å². The maximum absolute atomic E-state index is 6.26. The van der Waals surface area contributed by atoms with Crippen molar-refractivity contribution in [3.63, 3.8) is 0 Å². The van der Waals surface area contributed by atoms with Crippen molar-refractivity contribution in [1.82, 2.24) is 0 Å². The fourth-order valence-electron chi connectivity index (χ4n) is 3.80. The topological polar surface area (TPSA) is 26.0 Å². The number of hydrogen-bond donors (Lipinski definition) is 1. The summed E-state index contributed by atoms with van der Waals surface area (Å²) < 4.78 is 0. The lowest BCUT2D eigenvalue weighted by Gasteiger charge is -2.37. The standard InChI is InChI=1S/C19H29N/c1-18(2,3)16-8-4-14(5-9-16)15-6-10-17(11-7-15)19(20)12-13-19/h6-7,10-11,14,16H,4-5,8-9,12-13,20H2,1-3H3. The molecule has 1 heteroatoms. The molecule has 1 nitrogen and oxygen atoms in total. The van der Waals surface area contributed by atoms with Crippen LogP contribution >= 0.6 is 0 Å². The molecule has 0 aliphatic heterocycles. The molecule has 1 aromatic carbocycles. The van der Waals surface area contributed by atoms with E-state index in [0.29, 0.717) is 5.41 Å². The van der Waals surface area contributed by atoms with Gasteiger partial charge in [-0.2, -0.15) is 0 Å². The molecule has 20 heavy (non-hydrogen) atoms. The summed E-state index contributed by atoms with van der Waals surface area (Å²) in [4.78, 5) is 0. The summed E-state index contributed by atoms with van der Waals surface area (Å²) in [5.41, 5.74) is 9.63. The highest BCUT2D eigenvalue weighted by Crippen LogP contribution is 2.45. The first-order valence-electron chi connectivity index (χ1n) is 8.28. The second kappa shape index (κ2) is 4.87. The van der Waals surface area contributed by atoms with Gasteiger partial charge in [0.05, 0.1) is 0 Å². The molecule has 2 saturated carbocycles. The van der Waals surface area contributed by atoms with Crippen LogP contribution in [0.4, 0.5) is 0 Å². The summed E-state index contributed by atoms with van der Waals surface area (Å²) in [7, 11) is 0. The largest absolute Gasteiger partial charge is 0.321 e. The zero-order chi connectivity index (χ0) is 14.4. The summed E-state index contributed by atoms with van der Waals surface area (Å²) in [5, 5.41) is 0. The van der Waals surface area contributed by atoms with E-state index in [9.17, 15) is 0 Å². The Balaban J connectivity index is 1.63. The fourth-order valence-corrected chi connectivity index (χ4v) is 3.80. The van der Waals surface area contributed by atoms with E-state index in [1.807, 2.05) is 0 Å². The van der Waals surface area contributed by atoms with Crippen LogP contribution in [0.5, 0.6) is 0 Å². The minimum absolute atomic E-state index is 0.0163. The number of benzene rings is 1. The Morgan fingerprint density at radius 1 is 0.950 bits per heavy atom. The van der Waals surface area contributed by atoms with E-state index < -0.39 is 0 Å². The lowest BCUT2D eigenvalue weighted by molar-refractivity contribution is 0.169. The predicted molar refractivity (Wildman–Crippen MR) is 85.7 cm³/mol. The van der Waals surface area contributed by atoms with Gasteiger partial charge in [-0.25, -0.2) is 0 Å². The van der Waals surface area contributed by atoms with Crippen LogP contribution in [-0.2, 0) is 5.54 Å². The molecule has 0 aromatic heterocycles. The molecule has 110 valence electrons. The summed E-state index contributed by atoms with van der Waals surface area (Å²) >= 11 is 0. The molecule has 0 amide bonds. The molecule has 2 aliphatic rings. The molecule has 1 aromatic rings. The Morgan fingerprint density at radius 3 is 1.95 bits per heavy atom. The highest BCUT2D eigenvalue weighted by molar-refractivity contribution is 5.33. The highest BCUT2D eigenvalue weighted by atomic mass is 14.8. The lowest BCUT2D eigenvalue weighted by atomic mass is 9.68. The van der Waals surface area contributed by atoms with Crippen LogP contribution in [0.25, 0.3) is 0 Å². The minimum Gasteiger partial charge on any atom is -0.321 e. The number of rotatable bonds is 2. The molecule has 3 rings (SSSR count). The van der Waals surface area contributed by atoms with Gasteiger partial charge in [0, 0.05) is 5.54 Å². The molecular formula is C19H29N. The second-order valence-corrected chi connectivity index (χ2v) is 8.19. The van der Waals surface area contributed by atoms with Gasteiger partial charge in [0.25, 0.3) is 0 Å². The van der Waals surface area contributed by atoms with Crippen LogP contribution in [0.2, 0.25) is 0 Å². The third-order valence-electron chi connectivity index (χ3n) is 5.70. The summed E-state index contributed by atoms with van der Waals surface area (Å²) in [6.07, 6.45) is 7.80. The molecule has 0 bridgehead atoms. The van der Waals surface area contributed by atoms with Crippen LogP contribution in [0.1, 0.15) is 76.3 Å². The average molecular weight is 271 g/mol. The Labute approximate surface area is 124 Å². The molecule has 0 atom stereocenters. The van der Waals surface area contributed by atoms with Crippen molar-refractivity contribution >= 4 is 0 Å². The average Bonchev–Trinajstić information content (AvgIpc) is 3.18. The Kier molecular flexibility index (Phi) is 3.44. The van der Waals surface area contributed by atoms with Crippen LogP contribution in [-0.4, -0.2) is 0 Å². The van der Waals surface area contributed by atoms with Gasteiger partial charge in [-0.15, -0.1) is 0 Å². The quantitative estimate of drug-likeness (QED) is 0.809. The van der Waals surface area contributed by atoms with Crippen molar-refractivity contribution in [1.29, 1.82) is 0 Å². The van der Waals surface area contributed by atoms with Crippen molar-refractivity contribution in [3.8, 4) is 0 Å². The van der Waals surface area contributed by atoms with Crippen LogP contribution in [0.3, 0.4) is 0 Å². The Hall–Kier alpha value is -0.820. The van der Waals surface area contributed by atoms with Crippen LogP contribution in [0.15, 0.2) is 24.3 Å². The first-order valence-corrected chi connectivity index (χ1v) is 8.28. The van der Waals surface area contributed by atoms with Crippen LogP contribution < -0.4 is 5.73 Å². The summed E-state index contributed by atoms with van der Waals surface area (Å²) in [6.45, 7) is 7.18. The Bertz CT molecular complexity index is 454. The summed E-state index contributed by atoms with van der Waals surface area (Å²) in [6, 6.07) is 9.23. The second-order valence-electron chi connectivity index (χ2n) is 8.19. The summed E-state index contributed by atoms with van der Waals surface area (Å²) in [5.74, 6) is 1.67. The SMILES string of the molecule is CC(C)(C)C1CCC(c2ccc(C3(N)CC3)cc2)CC1. The molecule has 0 spiro atoms. The van der Waals surface area contributed by atoms with E-state index in [-0.39, 0.29) is 5.54 Å². The van der Waals surface area contributed by atoms with Crippen molar-refractivity contribution < 1.29 is 0 Å². The van der Waals surface area contributed by atoms with Crippen molar-refractivity contribution in [2.24, 2.45) is 17.1 Å². The van der Waals surface area contributed by atoms with Crippen molar-refractivity contribution in [3.05, 3.63) is 35.4 Å². The monoisotopic (exact) mass is 271 g/mol. The first-order chi connectivity index (χ1) is 9.38. The maximum atomic E-state index is 6.26. The van der Waals surface area contributed by atoms with Crippen LogP contribution in [0, 0.1) is 11.3 Å². The van der Waals surface area contributed by atoms with Gasteiger partial charge in [0.1, 0.15) is 0 Å². The molecule has 0 saturated heterocycles.